The van der Waals surface area contributed by atoms with Gasteiger partial charge in [-0.15, -0.1) is 0 Å². The number of rotatable bonds is 7. The van der Waals surface area contributed by atoms with Crippen molar-refractivity contribution in [1.82, 2.24) is 4.72 Å². The fraction of sp³-hybridized carbons (Fsp3) is 0.294. The maximum Gasteiger partial charge on any atom is 0.240 e. The summed E-state index contributed by atoms with van der Waals surface area (Å²) in [5.41, 5.74) is 2.11. The minimum absolute atomic E-state index is 0.159. The normalized spacial score (nSPS) is 12.1. The lowest BCUT2D eigenvalue weighted by Crippen LogP contribution is -2.35. The number of para-hydroxylation sites is 1. The number of aryl methyl sites for hydroxylation is 2. The molecule has 0 spiro atoms. The summed E-state index contributed by atoms with van der Waals surface area (Å²) in [6.07, 6.45) is 0. The fourth-order valence-corrected chi connectivity index (χ4v) is 4.88. The van der Waals surface area contributed by atoms with Gasteiger partial charge in [0.15, 0.2) is 0 Å². The molecule has 0 amide bonds. The SMILES string of the molecule is Cc1ccc(S(=O)(=O)NCCS(=O)(=O)N(C)c2ccccc2)c(C)c1. The van der Waals surface area contributed by atoms with Crippen LogP contribution in [0.3, 0.4) is 0 Å². The van der Waals surface area contributed by atoms with Gasteiger partial charge in [-0.1, -0.05) is 35.9 Å². The Morgan fingerprint density at radius 3 is 2.20 bits per heavy atom. The number of nitrogens with zero attached hydrogens (tertiary/aromatic N) is 1. The Kier molecular flexibility index (Phi) is 5.87. The van der Waals surface area contributed by atoms with Crippen molar-refractivity contribution in [2.75, 3.05) is 23.7 Å². The van der Waals surface area contributed by atoms with Crippen LogP contribution in [0.4, 0.5) is 5.69 Å². The minimum atomic E-state index is -3.75. The van der Waals surface area contributed by atoms with Crippen LogP contribution in [-0.2, 0) is 20.0 Å². The molecule has 25 heavy (non-hydrogen) atoms. The molecular weight excluding hydrogens is 360 g/mol. The van der Waals surface area contributed by atoms with Gasteiger partial charge in [0, 0.05) is 13.6 Å². The summed E-state index contributed by atoms with van der Waals surface area (Å²) in [5, 5.41) is 0. The van der Waals surface area contributed by atoms with E-state index in [4.69, 9.17) is 0 Å². The summed E-state index contributed by atoms with van der Waals surface area (Å²) in [7, 11) is -5.93. The van der Waals surface area contributed by atoms with Gasteiger partial charge in [0.1, 0.15) is 0 Å². The number of nitrogens with one attached hydrogen (secondary N) is 1. The van der Waals surface area contributed by atoms with Crippen molar-refractivity contribution in [3.63, 3.8) is 0 Å². The summed E-state index contributed by atoms with van der Waals surface area (Å²) in [6.45, 7) is 3.39. The van der Waals surface area contributed by atoms with Crippen LogP contribution < -0.4 is 9.03 Å². The number of anilines is 1. The molecule has 1 N–H and O–H groups in total. The molecular formula is C17H22N2O4S2. The summed E-state index contributed by atoms with van der Waals surface area (Å²) < 4.78 is 53.0. The first-order valence-electron chi connectivity index (χ1n) is 7.72. The van der Waals surface area contributed by atoms with Gasteiger partial charge in [-0.25, -0.2) is 21.6 Å². The molecule has 0 saturated heterocycles. The molecule has 136 valence electrons. The third kappa shape index (κ3) is 4.81. The zero-order valence-electron chi connectivity index (χ0n) is 14.4. The maximum atomic E-state index is 12.4. The Morgan fingerprint density at radius 1 is 0.960 bits per heavy atom. The number of hydrogen-bond acceptors (Lipinski definition) is 4. The number of benzene rings is 2. The molecule has 0 aliphatic rings. The molecule has 0 aliphatic heterocycles. The van der Waals surface area contributed by atoms with E-state index in [0.717, 1.165) is 9.87 Å². The van der Waals surface area contributed by atoms with E-state index in [-0.39, 0.29) is 17.2 Å². The number of hydrogen-bond donors (Lipinski definition) is 1. The highest BCUT2D eigenvalue weighted by Gasteiger charge is 2.21. The highest BCUT2D eigenvalue weighted by Crippen LogP contribution is 2.17. The van der Waals surface area contributed by atoms with Gasteiger partial charge in [-0.05, 0) is 37.6 Å². The van der Waals surface area contributed by atoms with Crippen LogP contribution in [-0.4, -0.2) is 36.2 Å². The fourth-order valence-electron chi connectivity index (χ4n) is 2.42. The average Bonchev–Trinajstić information content (AvgIpc) is 2.54. The zero-order valence-corrected chi connectivity index (χ0v) is 16.1. The largest absolute Gasteiger partial charge is 0.273 e. The second-order valence-electron chi connectivity index (χ2n) is 5.79. The molecule has 0 saturated carbocycles. The van der Waals surface area contributed by atoms with Crippen molar-refractivity contribution in [3.05, 3.63) is 59.7 Å². The van der Waals surface area contributed by atoms with Gasteiger partial charge in [-0.2, -0.15) is 0 Å². The molecule has 0 fully saturated rings. The molecule has 0 heterocycles. The predicted octanol–water partition coefficient (Wildman–Crippen LogP) is 2.05. The van der Waals surface area contributed by atoms with Crippen molar-refractivity contribution < 1.29 is 16.8 Å². The van der Waals surface area contributed by atoms with E-state index in [9.17, 15) is 16.8 Å². The molecule has 2 aromatic carbocycles. The van der Waals surface area contributed by atoms with Gasteiger partial charge in [-0.3, -0.25) is 4.31 Å². The van der Waals surface area contributed by atoms with Crippen LogP contribution in [0.15, 0.2) is 53.4 Å². The minimum Gasteiger partial charge on any atom is -0.273 e. The second-order valence-corrected chi connectivity index (χ2v) is 9.64. The van der Waals surface area contributed by atoms with E-state index in [1.807, 2.05) is 6.92 Å². The van der Waals surface area contributed by atoms with Gasteiger partial charge in [0.2, 0.25) is 20.0 Å². The average molecular weight is 383 g/mol. The Bertz CT molecular complexity index is 940. The van der Waals surface area contributed by atoms with Crippen molar-refractivity contribution >= 4 is 25.7 Å². The first-order chi connectivity index (χ1) is 11.6. The van der Waals surface area contributed by atoms with Gasteiger partial charge >= 0.3 is 0 Å². The van der Waals surface area contributed by atoms with E-state index in [1.54, 1.807) is 49.4 Å². The molecule has 0 radical (unpaired) electrons. The summed E-state index contributed by atoms with van der Waals surface area (Å²) in [4.78, 5) is 0.159. The molecule has 6 nitrogen and oxygen atoms in total. The highest BCUT2D eigenvalue weighted by atomic mass is 32.2. The van der Waals surface area contributed by atoms with Crippen LogP contribution in [0.1, 0.15) is 11.1 Å². The Morgan fingerprint density at radius 2 is 1.60 bits per heavy atom. The Labute approximate surface area is 149 Å². The third-order valence-corrected chi connectivity index (χ3v) is 7.20. The van der Waals surface area contributed by atoms with Crippen molar-refractivity contribution in [2.45, 2.75) is 18.7 Å². The van der Waals surface area contributed by atoms with Gasteiger partial charge < -0.3 is 0 Å². The van der Waals surface area contributed by atoms with E-state index < -0.39 is 20.0 Å². The third-order valence-electron chi connectivity index (χ3n) is 3.81. The summed E-state index contributed by atoms with van der Waals surface area (Å²) in [6, 6.07) is 13.6. The van der Waals surface area contributed by atoms with Crippen molar-refractivity contribution in [2.24, 2.45) is 0 Å². The Balaban J connectivity index is 2.06. The maximum absolute atomic E-state index is 12.4. The molecule has 0 aromatic heterocycles. The Hall–Kier alpha value is -1.90. The lowest BCUT2D eigenvalue weighted by atomic mass is 10.2. The van der Waals surface area contributed by atoms with Gasteiger partial charge in [0.05, 0.1) is 16.3 Å². The van der Waals surface area contributed by atoms with E-state index in [0.29, 0.717) is 11.3 Å². The van der Waals surface area contributed by atoms with E-state index in [1.165, 1.54) is 13.1 Å². The molecule has 2 rings (SSSR count). The lowest BCUT2D eigenvalue weighted by Gasteiger charge is -2.19. The van der Waals surface area contributed by atoms with Crippen LogP contribution in [0.25, 0.3) is 0 Å². The highest BCUT2D eigenvalue weighted by molar-refractivity contribution is 7.93. The van der Waals surface area contributed by atoms with Crippen molar-refractivity contribution in [1.29, 1.82) is 0 Å². The van der Waals surface area contributed by atoms with Gasteiger partial charge in [0.25, 0.3) is 0 Å². The lowest BCUT2D eigenvalue weighted by molar-refractivity contribution is 0.580. The topological polar surface area (TPSA) is 83.5 Å². The summed E-state index contributed by atoms with van der Waals surface area (Å²) >= 11 is 0. The standard InChI is InChI=1S/C17H22N2O4S2/c1-14-9-10-17(15(2)13-14)25(22,23)18-11-12-24(20,21)19(3)16-7-5-4-6-8-16/h4-10,13,18H,11-12H2,1-3H3. The second kappa shape index (κ2) is 7.55. The predicted molar refractivity (Wildman–Crippen MR) is 99.7 cm³/mol. The molecule has 8 heteroatoms. The summed E-state index contributed by atoms with van der Waals surface area (Å²) in [5.74, 6) is -0.331. The quantitative estimate of drug-likeness (QED) is 0.794. The first kappa shape index (κ1) is 19.4. The van der Waals surface area contributed by atoms with Crippen LogP contribution in [0.5, 0.6) is 0 Å². The van der Waals surface area contributed by atoms with E-state index in [2.05, 4.69) is 4.72 Å². The molecule has 0 bridgehead atoms. The molecule has 0 unspecified atom stereocenters. The number of sulfonamides is 2. The monoisotopic (exact) mass is 382 g/mol. The first-order valence-corrected chi connectivity index (χ1v) is 10.8. The van der Waals surface area contributed by atoms with Crippen LogP contribution >= 0.6 is 0 Å². The van der Waals surface area contributed by atoms with Crippen LogP contribution in [0.2, 0.25) is 0 Å². The molecule has 0 atom stereocenters. The van der Waals surface area contributed by atoms with Crippen LogP contribution in [0, 0.1) is 13.8 Å². The zero-order chi connectivity index (χ0) is 18.7. The molecule has 2 aromatic rings. The van der Waals surface area contributed by atoms with E-state index >= 15 is 0 Å². The van der Waals surface area contributed by atoms with Crippen molar-refractivity contribution in [3.8, 4) is 0 Å². The molecule has 0 aliphatic carbocycles. The smallest absolute Gasteiger partial charge is 0.240 e.